The zero-order valence-corrected chi connectivity index (χ0v) is 13.2. The summed E-state index contributed by atoms with van der Waals surface area (Å²) in [6.45, 7) is 3.75. The van der Waals surface area contributed by atoms with Crippen molar-refractivity contribution in [1.82, 2.24) is 9.80 Å². The van der Waals surface area contributed by atoms with Gasteiger partial charge in [0, 0.05) is 32.2 Å². The molecule has 1 N–H and O–H groups in total. The second kappa shape index (κ2) is 6.66. The minimum absolute atomic E-state index is 0.172. The smallest absolute Gasteiger partial charge is 0.225 e. The molecular formula is C17H30N2O2. The van der Waals surface area contributed by atoms with E-state index >= 15 is 0 Å². The van der Waals surface area contributed by atoms with Crippen LogP contribution in [0.4, 0.5) is 0 Å². The predicted octanol–water partition coefficient (Wildman–Crippen LogP) is 2.16. The van der Waals surface area contributed by atoms with E-state index in [-0.39, 0.29) is 5.91 Å². The molecule has 3 fully saturated rings. The standard InChI is InChI=1S/C17H30N2O2/c20-16(14-17(21)8-4-1-5-9-17)19-12-10-18(11-13-19)15-6-2-3-7-15/h15,21H,1-14H2. The van der Waals surface area contributed by atoms with Gasteiger partial charge < -0.3 is 10.0 Å². The summed E-state index contributed by atoms with van der Waals surface area (Å²) < 4.78 is 0. The van der Waals surface area contributed by atoms with Gasteiger partial charge in [0.1, 0.15) is 0 Å². The van der Waals surface area contributed by atoms with Crippen LogP contribution in [0.1, 0.15) is 64.2 Å². The maximum absolute atomic E-state index is 12.4. The lowest BCUT2D eigenvalue weighted by Gasteiger charge is -2.40. The molecule has 0 aromatic carbocycles. The summed E-state index contributed by atoms with van der Waals surface area (Å²) in [7, 11) is 0. The summed E-state index contributed by atoms with van der Waals surface area (Å²) in [6.07, 6.45) is 10.7. The summed E-state index contributed by atoms with van der Waals surface area (Å²) in [5.74, 6) is 0.172. The minimum atomic E-state index is -0.710. The van der Waals surface area contributed by atoms with Gasteiger partial charge in [0.05, 0.1) is 12.0 Å². The third-order valence-electron chi connectivity index (χ3n) is 5.77. The van der Waals surface area contributed by atoms with Crippen molar-refractivity contribution in [3.8, 4) is 0 Å². The van der Waals surface area contributed by atoms with Crippen LogP contribution in [-0.2, 0) is 4.79 Å². The molecule has 0 radical (unpaired) electrons. The number of piperazine rings is 1. The van der Waals surface area contributed by atoms with Gasteiger partial charge in [-0.2, -0.15) is 0 Å². The van der Waals surface area contributed by atoms with Gasteiger partial charge in [-0.1, -0.05) is 32.1 Å². The Kier molecular flexibility index (Phi) is 4.85. The van der Waals surface area contributed by atoms with E-state index in [1.54, 1.807) is 0 Å². The maximum Gasteiger partial charge on any atom is 0.225 e. The largest absolute Gasteiger partial charge is 0.389 e. The number of hydrogen-bond donors (Lipinski definition) is 1. The monoisotopic (exact) mass is 294 g/mol. The fourth-order valence-corrected chi connectivity index (χ4v) is 4.39. The lowest BCUT2D eigenvalue weighted by Crippen LogP contribution is -2.52. The van der Waals surface area contributed by atoms with Gasteiger partial charge in [-0.25, -0.2) is 0 Å². The maximum atomic E-state index is 12.4. The quantitative estimate of drug-likeness (QED) is 0.867. The average molecular weight is 294 g/mol. The molecule has 0 unspecified atom stereocenters. The summed E-state index contributed by atoms with van der Waals surface area (Å²) in [6, 6.07) is 0.768. The SMILES string of the molecule is O=C(CC1(O)CCCCC1)N1CCN(C2CCCC2)CC1. The van der Waals surface area contributed by atoms with E-state index in [4.69, 9.17) is 0 Å². The Hall–Kier alpha value is -0.610. The summed E-state index contributed by atoms with van der Waals surface area (Å²) in [5, 5.41) is 10.5. The Morgan fingerprint density at radius 2 is 1.57 bits per heavy atom. The molecule has 3 rings (SSSR count). The second-order valence-corrected chi connectivity index (χ2v) is 7.32. The Morgan fingerprint density at radius 3 is 2.19 bits per heavy atom. The van der Waals surface area contributed by atoms with Crippen LogP contribution in [0, 0.1) is 0 Å². The first-order valence-corrected chi connectivity index (χ1v) is 8.91. The highest BCUT2D eigenvalue weighted by molar-refractivity contribution is 5.77. The zero-order chi connectivity index (χ0) is 14.7. The third-order valence-corrected chi connectivity index (χ3v) is 5.77. The number of rotatable bonds is 3. The van der Waals surface area contributed by atoms with Crippen LogP contribution in [0.25, 0.3) is 0 Å². The number of hydrogen-bond acceptors (Lipinski definition) is 3. The van der Waals surface area contributed by atoms with Crippen LogP contribution in [0.3, 0.4) is 0 Å². The van der Waals surface area contributed by atoms with E-state index in [1.165, 1.54) is 32.1 Å². The summed E-state index contributed by atoms with van der Waals surface area (Å²) in [5.41, 5.74) is -0.710. The minimum Gasteiger partial charge on any atom is -0.389 e. The highest BCUT2D eigenvalue weighted by Crippen LogP contribution is 2.31. The number of aliphatic hydroxyl groups is 1. The van der Waals surface area contributed by atoms with Crippen LogP contribution in [0.5, 0.6) is 0 Å². The first-order chi connectivity index (χ1) is 10.2. The summed E-state index contributed by atoms with van der Waals surface area (Å²) >= 11 is 0. The van der Waals surface area contributed by atoms with Gasteiger partial charge in [-0.05, 0) is 25.7 Å². The van der Waals surface area contributed by atoms with Crippen LogP contribution in [0.2, 0.25) is 0 Å². The van der Waals surface area contributed by atoms with Crippen molar-refractivity contribution in [2.45, 2.75) is 75.9 Å². The molecule has 0 bridgehead atoms. The molecule has 4 nitrogen and oxygen atoms in total. The van der Waals surface area contributed by atoms with E-state index in [0.717, 1.165) is 57.9 Å². The molecule has 0 atom stereocenters. The molecule has 2 saturated carbocycles. The van der Waals surface area contributed by atoms with E-state index in [2.05, 4.69) is 4.90 Å². The fourth-order valence-electron chi connectivity index (χ4n) is 4.39. The predicted molar refractivity (Wildman–Crippen MR) is 83.1 cm³/mol. The van der Waals surface area contributed by atoms with E-state index in [0.29, 0.717) is 6.42 Å². The highest BCUT2D eigenvalue weighted by atomic mass is 16.3. The molecule has 21 heavy (non-hydrogen) atoms. The molecule has 2 aliphatic carbocycles. The van der Waals surface area contributed by atoms with Gasteiger partial charge in [0.2, 0.25) is 5.91 Å². The van der Waals surface area contributed by atoms with Crippen LogP contribution in [0.15, 0.2) is 0 Å². The molecule has 3 aliphatic rings. The van der Waals surface area contributed by atoms with Gasteiger partial charge in [-0.15, -0.1) is 0 Å². The molecule has 4 heteroatoms. The first-order valence-electron chi connectivity index (χ1n) is 8.91. The molecule has 1 aliphatic heterocycles. The molecule has 0 aromatic rings. The average Bonchev–Trinajstić information content (AvgIpc) is 3.02. The first kappa shape index (κ1) is 15.3. The van der Waals surface area contributed by atoms with Crippen molar-refractivity contribution in [1.29, 1.82) is 0 Å². The molecule has 0 aromatic heterocycles. The van der Waals surface area contributed by atoms with Crippen LogP contribution >= 0.6 is 0 Å². The Bertz CT molecular complexity index is 352. The van der Waals surface area contributed by atoms with Crippen LogP contribution in [-0.4, -0.2) is 58.6 Å². The Labute approximate surface area is 128 Å². The Morgan fingerprint density at radius 1 is 0.952 bits per heavy atom. The molecule has 1 heterocycles. The topological polar surface area (TPSA) is 43.8 Å². The van der Waals surface area contributed by atoms with Gasteiger partial charge in [0.15, 0.2) is 0 Å². The number of carbonyl (C=O) groups is 1. The van der Waals surface area contributed by atoms with Crippen molar-refractivity contribution in [3.05, 3.63) is 0 Å². The van der Waals surface area contributed by atoms with E-state index in [1.807, 2.05) is 4.90 Å². The molecule has 0 spiro atoms. The summed E-state index contributed by atoms with van der Waals surface area (Å²) in [4.78, 5) is 17.0. The number of carbonyl (C=O) groups excluding carboxylic acids is 1. The fraction of sp³-hybridized carbons (Fsp3) is 0.941. The molecule has 1 amide bonds. The van der Waals surface area contributed by atoms with Gasteiger partial charge in [-0.3, -0.25) is 9.69 Å². The van der Waals surface area contributed by atoms with Gasteiger partial charge >= 0.3 is 0 Å². The van der Waals surface area contributed by atoms with E-state index in [9.17, 15) is 9.90 Å². The molecule has 1 saturated heterocycles. The van der Waals surface area contributed by atoms with Crippen molar-refractivity contribution in [2.75, 3.05) is 26.2 Å². The number of amides is 1. The number of nitrogens with zero attached hydrogens (tertiary/aromatic N) is 2. The van der Waals surface area contributed by atoms with Crippen molar-refractivity contribution >= 4 is 5.91 Å². The van der Waals surface area contributed by atoms with Crippen molar-refractivity contribution < 1.29 is 9.90 Å². The van der Waals surface area contributed by atoms with Crippen molar-refractivity contribution in [2.24, 2.45) is 0 Å². The molecular weight excluding hydrogens is 264 g/mol. The lowest BCUT2D eigenvalue weighted by molar-refractivity contribution is -0.139. The zero-order valence-electron chi connectivity index (χ0n) is 13.2. The highest BCUT2D eigenvalue weighted by Gasteiger charge is 2.34. The Balaban J connectivity index is 1.46. The molecule has 120 valence electrons. The normalized spacial score (nSPS) is 28.0. The second-order valence-electron chi connectivity index (χ2n) is 7.32. The lowest BCUT2D eigenvalue weighted by atomic mass is 9.82. The van der Waals surface area contributed by atoms with Crippen LogP contribution < -0.4 is 0 Å². The van der Waals surface area contributed by atoms with Gasteiger partial charge in [0.25, 0.3) is 0 Å². The van der Waals surface area contributed by atoms with Crippen molar-refractivity contribution in [3.63, 3.8) is 0 Å². The third kappa shape index (κ3) is 3.78. The van der Waals surface area contributed by atoms with E-state index < -0.39 is 5.60 Å².